The van der Waals surface area contributed by atoms with Crippen molar-refractivity contribution in [1.82, 2.24) is 55.1 Å². The molecule has 0 radical (unpaired) electrons. The molecule has 0 bridgehead atoms. The molecule has 5 rings (SSSR count). The number of alkyl halides is 3. The summed E-state index contributed by atoms with van der Waals surface area (Å²) in [5.74, 6) is -9.47. The highest BCUT2D eigenvalue weighted by Crippen LogP contribution is 2.35. The number of amides is 11. The van der Waals surface area contributed by atoms with Crippen LogP contribution in [0.15, 0.2) is 18.2 Å². The van der Waals surface area contributed by atoms with Crippen molar-refractivity contribution in [2.75, 3.05) is 82.1 Å². The molecule has 2 aliphatic heterocycles. The highest BCUT2D eigenvalue weighted by Gasteiger charge is 2.50. The molecule has 0 unspecified atom stereocenters. The lowest BCUT2D eigenvalue weighted by molar-refractivity contribution is -0.152. The number of hydrogen-bond donors (Lipinski definition) is 3. The summed E-state index contributed by atoms with van der Waals surface area (Å²) in [5, 5.41) is 8.55. The minimum atomic E-state index is -4.99. The predicted molar refractivity (Wildman–Crippen MR) is 327 cm³/mol. The zero-order chi connectivity index (χ0) is 67.3. The van der Waals surface area contributed by atoms with Crippen molar-refractivity contribution in [2.24, 2.45) is 23.7 Å². The lowest BCUT2D eigenvalue weighted by Crippen LogP contribution is -2.64. The third-order valence-electron chi connectivity index (χ3n) is 18.8. The lowest BCUT2D eigenvalue weighted by atomic mass is 9.84. The molecule has 4 aliphatic rings. The number of aryl methyl sites for hydroxylation is 1. The molecule has 11 amide bonds. The van der Waals surface area contributed by atoms with Gasteiger partial charge in [0.15, 0.2) is 0 Å². The van der Waals surface area contributed by atoms with Crippen LogP contribution in [0.5, 0.6) is 0 Å². The maximum Gasteiger partial charge on any atom is 0.419 e. The first kappa shape index (κ1) is 73.8. The van der Waals surface area contributed by atoms with E-state index >= 15 is 4.79 Å². The molecule has 1 aromatic rings. The number of carbonyl (C=O) groups excluding carboxylic acids is 11. The Labute approximate surface area is 528 Å². The normalized spacial score (nSPS) is 25.6. The average Bonchev–Trinajstić information content (AvgIpc) is 1.63. The number of nitrogens with one attached hydrogen (secondary N) is 3. The van der Waals surface area contributed by atoms with Crippen LogP contribution in [0.2, 0.25) is 0 Å². The number of benzene rings is 1. The van der Waals surface area contributed by atoms with Gasteiger partial charge in [0.1, 0.15) is 47.6 Å². The quantitative estimate of drug-likeness (QED) is 0.273. The van der Waals surface area contributed by atoms with Crippen LogP contribution in [0.4, 0.5) is 17.6 Å². The SMILES string of the molecule is CC[C@H](C)[C@@H]1NC(=O)[C@H](CC(C)C)N(C)C(=O)CCN(C)C(=O)[C@H](C(C)C)N(C)C(=O)C2(CCCC2)NC(=O)[C@@H]2CCCN2C(=O)[C@H](CCc2ccc(C(F)(F)F)c(F)c2)NC(=O)CN(C)C(=O)[C@H](CC2CCCCC2)N(C)C(=O)CN(C)C(=O)CN(C)C1=O. The first-order valence-electron chi connectivity index (χ1n) is 32.0. The Balaban J connectivity index is 1.54. The fraction of sp³-hybridized carbons (Fsp3) is 0.734. The van der Waals surface area contributed by atoms with E-state index in [0.717, 1.165) is 52.9 Å². The van der Waals surface area contributed by atoms with E-state index in [1.54, 1.807) is 20.8 Å². The zero-order valence-electron chi connectivity index (χ0n) is 55.1. The summed E-state index contributed by atoms with van der Waals surface area (Å²) in [6.45, 7) is 9.12. The second-order valence-electron chi connectivity index (χ2n) is 26.5. The van der Waals surface area contributed by atoms with Gasteiger partial charge in [-0.1, -0.05) is 99.0 Å². The largest absolute Gasteiger partial charge is 0.419 e. The summed E-state index contributed by atoms with van der Waals surface area (Å²) < 4.78 is 55.7. The molecular weight excluding hydrogens is 1170 g/mol. The van der Waals surface area contributed by atoms with Crippen LogP contribution in [-0.4, -0.2) is 228 Å². The molecule has 7 atom stereocenters. The monoisotopic (exact) mass is 1270 g/mol. The van der Waals surface area contributed by atoms with E-state index in [2.05, 4.69) is 16.0 Å². The van der Waals surface area contributed by atoms with Gasteiger partial charge in [-0.25, -0.2) is 4.39 Å². The maximum absolute atomic E-state index is 15.0. The van der Waals surface area contributed by atoms with E-state index in [1.165, 1.54) is 73.8 Å². The minimum absolute atomic E-state index is 0.0175. The van der Waals surface area contributed by atoms with Crippen molar-refractivity contribution < 1.29 is 70.3 Å². The van der Waals surface area contributed by atoms with Gasteiger partial charge < -0.3 is 55.1 Å². The Morgan fingerprint density at radius 1 is 0.622 bits per heavy atom. The van der Waals surface area contributed by atoms with Crippen LogP contribution in [0.3, 0.4) is 0 Å². The molecular formula is C64H99F4N11O11. The second-order valence-corrected chi connectivity index (χ2v) is 26.5. The summed E-state index contributed by atoms with van der Waals surface area (Å²) in [6, 6.07) is -4.72. The van der Waals surface area contributed by atoms with Crippen molar-refractivity contribution in [1.29, 1.82) is 0 Å². The Kier molecular flexibility index (Phi) is 26.6. The number of hydrogen-bond acceptors (Lipinski definition) is 11. The highest BCUT2D eigenvalue weighted by atomic mass is 19.4. The van der Waals surface area contributed by atoms with Crippen molar-refractivity contribution in [3.05, 3.63) is 35.1 Å². The maximum atomic E-state index is 15.0. The summed E-state index contributed by atoms with van der Waals surface area (Å²) in [4.78, 5) is 169. The molecule has 1 aromatic carbocycles. The van der Waals surface area contributed by atoms with Crippen LogP contribution >= 0.6 is 0 Å². The fourth-order valence-corrected chi connectivity index (χ4v) is 13.0. The average molecular weight is 1270 g/mol. The van der Waals surface area contributed by atoms with Gasteiger partial charge in [-0.05, 0) is 92.7 Å². The molecule has 4 fully saturated rings. The van der Waals surface area contributed by atoms with Crippen LogP contribution < -0.4 is 16.0 Å². The van der Waals surface area contributed by atoms with Gasteiger partial charge >= 0.3 is 6.18 Å². The van der Waals surface area contributed by atoms with Gasteiger partial charge in [0, 0.05) is 68.8 Å². The fourth-order valence-electron chi connectivity index (χ4n) is 13.0. The first-order chi connectivity index (χ1) is 42.1. The van der Waals surface area contributed by atoms with E-state index in [9.17, 15) is 65.5 Å². The summed E-state index contributed by atoms with van der Waals surface area (Å²) >= 11 is 0. The van der Waals surface area contributed by atoms with Crippen molar-refractivity contribution >= 4 is 65.0 Å². The smallest absolute Gasteiger partial charge is 0.343 e. The molecule has 2 heterocycles. The Bertz CT molecular complexity index is 2760. The lowest BCUT2D eigenvalue weighted by Gasteiger charge is -2.40. The van der Waals surface area contributed by atoms with Crippen molar-refractivity contribution in [2.45, 2.75) is 199 Å². The first-order valence-corrected chi connectivity index (χ1v) is 32.0. The number of nitrogens with zero attached hydrogens (tertiary/aromatic N) is 8. The van der Waals surface area contributed by atoms with Gasteiger partial charge in [0.25, 0.3) is 0 Å². The van der Waals surface area contributed by atoms with Gasteiger partial charge in [0.05, 0.1) is 25.2 Å². The molecule has 3 N–H and O–H groups in total. The molecule has 504 valence electrons. The Morgan fingerprint density at radius 3 is 1.82 bits per heavy atom. The number of carbonyl (C=O) groups is 11. The number of likely N-dealkylation sites (N-methyl/N-ethyl adjacent to an activating group) is 7. The van der Waals surface area contributed by atoms with E-state index in [-0.39, 0.29) is 81.9 Å². The number of fused-ring (bicyclic) bond motifs is 1. The molecule has 2 saturated carbocycles. The Hall–Kier alpha value is -6.89. The predicted octanol–water partition coefficient (Wildman–Crippen LogP) is 4.60. The van der Waals surface area contributed by atoms with Gasteiger partial charge in [-0.3, -0.25) is 52.7 Å². The van der Waals surface area contributed by atoms with E-state index < -0.39 is 156 Å². The topological polar surface area (TPSA) is 250 Å². The standard InChI is InChI=1S/C64H99F4N11O11/c1-14-41(6)54-60(88)75(10)37-52(82)73(8)38-53(83)77(12)49(35-42-21-16-15-17-22-42)59(87)74(9)36-50(80)69-46(27-25-43-24-26-44(45(65)34-43)64(66,67)68)58(86)79-31-20-23-47(79)57(85)71-63(29-18-19-30-63)62(90)78(13)55(40(4)5)61(89)72(7)32-28-51(81)76(11)48(33-39(2)3)56(84)70-54/h24,26,34,39-42,46-49,54-55H,14-23,25,27-33,35-38H2,1-13H3,(H,69,80)(H,70,84)(H,71,85)/t41-,46-,47-,48-,49-,54-,55-/m0/s1. The molecule has 22 nitrogen and oxygen atoms in total. The summed E-state index contributed by atoms with van der Waals surface area (Å²) in [6.07, 6.45) is 1.39. The van der Waals surface area contributed by atoms with E-state index in [0.29, 0.717) is 37.8 Å². The third kappa shape index (κ3) is 18.9. The van der Waals surface area contributed by atoms with E-state index in [4.69, 9.17) is 0 Å². The second kappa shape index (κ2) is 32.4. The van der Waals surface area contributed by atoms with Crippen LogP contribution in [0, 0.1) is 29.5 Å². The Morgan fingerprint density at radius 2 is 1.23 bits per heavy atom. The summed E-state index contributed by atoms with van der Waals surface area (Å²) in [5.41, 5.74) is -2.94. The van der Waals surface area contributed by atoms with Gasteiger partial charge in [0.2, 0.25) is 65.0 Å². The van der Waals surface area contributed by atoms with Crippen LogP contribution in [-0.2, 0) is 65.3 Å². The van der Waals surface area contributed by atoms with Gasteiger partial charge in [-0.15, -0.1) is 0 Å². The summed E-state index contributed by atoms with van der Waals surface area (Å²) in [7, 11) is 9.98. The van der Waals surface area contributed by atoms with Crippen molar-refractivity contribution in [3.63, 3.8) is 0 Å². The van der Waals surface area contributed by atoms with Crippen LogP contribution in [0.1, 0.15) is 155 Å². The number of rotatable bonds is 10. The zero-order valence-corrected chi connectivity index (χ0v) is 55.1. The highest BCUT2D eigenvalue weighted by molar-refractivity contribution is 5.99. The molecule has 26 heteroatoms. The molecule has 90 heavy (non-hydrogen) atoms. The van der Waals surface area contributed by atoms with E-state index in [1.807, 2.05) is 20.8 Å². The minimum Gasteiger partial charge on any atom is -0.343 e. The molecule has 2 aliphatic carbocycles. The van der Waals surface area contributed by atoms with Crippen molar-refractivity contribution in [3.8, 4) is 0 Å². The number of halogens is 4. The molecule has 0 aromatic heterocycles. The molecule has 2 saturated heterocycles. The third-order valence-corrected chi connectivity index (χ3v) is 18.8. The van der Waals surface area contributed by atoms with Crippen LogP contribution in [0.25, 0.3) is 0 Å². The molecule has 1 spiro atoms. The van der Waals surface area contributed by atoms with Gasteiger partial charge in [-0.2, -0.15) is 13.2 Å².